The molecule has 10 heteroatoms. The van der Waals surface area contributed by atoms with Crippen LogP contribution in [0.2, 0.25) is 0 Å². The predicted molar refractivity (Wildman–Crippen MR) is 59.1 cm³/mol. The molecule has 0 unspecified atom stereocenters. The Hall–Kier alpha value is -0.590. The fraction of sp³-hybridized carbons (Fsp3) is 0.286. The van der Waals surface area contributed by atoms with Crippen molar-refractivity contribution in [1.29, 1.82) is 0 Å². The van der Waals surface area contributed by atoms with Crippen molar-refractivity contribution in [3.05, 3.63) is 30.1 Å². The van der Waals surface area contributed by atoms with Crippen LogP contribution in [0.5, 0.6) is 0 Å². The first-order chi connectivity index (χ1) is 7.67. The van der Waals surface area contributed by atoms with E-state index in [-0.39, 0.29) is 0 Å². The SMILES string of the molecule is NCC(c1ccccn1)(P(=O)(O)O)P(=O)(O)O. The monoisotopic (exact) mass is 282 g/mol. The molecule has 17 heavy (non-hydrogen) atoms. The lowest BCUT2D eigenvalue weighted by atomic mass is 10.2. The molecule has 0 atom stereocenters. The molecule has 0 bridgehead atoms. The second kappa shape index (κ2) is 4.59. The summed E-state index contributed by atoms with van der Waals surface area (Å²) in [6.07, 6.45) is 1.17. The minimum atomic E-state index is -5.20. The Bertz CT molecular complexity index is 458. The fourth-order valence-electron chi connectivity index (χ4n) is 1.41. The molecule has 0 saturated heterocycles. The molecule has 8 nitrogen and oxygen atoms in total. The van der Waals surface area contributed by atoms with Crippen LogP contribution in [-0.4, -0.2) is 31.1 Å². The lowest BCUT2D eigenvalue weighted by Crippen LogP contribution is -2.35. The van der Waals surface area contributed by atoms with Crippen LogP contribution in [0.1, 0.15) is 5.69 Å². The van der Waals surface area contributed by atoms with Crippen molar-refractivity contribution in [2.45, 2.75) is 4.90 Å². The van der Waals surface area contributed by atoms with Crippen LogP contribution in [0.4, 0.5) is 0 Å². The molecule has 0 aliphatic rings. The third kappa shape index (κ3) is 2.34. The van der Waals surface area contributed by atoms with E-state index in [9.17, 15) is 28.7 Å². The predicted octanol–water partition coefficient (Wildman–Crippen LogP) is -0.451. The largest absolute Gasteiger partial charge is 0.351 e. The average molecular weight is 282 g/mol. The van der Waals surface area contributed by atoms with E-state index in [1.807, 2.05) is 0 Å². The molecule has 0 saturated carbocycles. The van der Waals surface area contributed by atoms with Crippen molar-refractivity contribution in [2.75, 3.05) is 6.54 Å². The molecule has 1 aromatic rings. The van der Waals surface area contributed by atoms with Crippen LogP contribution < -0.4 is 5.73 Å². The van der Waals surface area contributed by atoms with Gasteiger partial charge >= 0.3 is 15.2 Å². The zero-order valence-corrected chi connectivity index (χ0v) is 10.3. The molecule has 6 N–H and O–H groups in total. The summed E-state index contributed by atoms with van der Waals surface area (Å²) in [4.78, 5) is 37.7. The standard InChI is InChI=1S/C7H12N2O6P2/c8-5-7(16(10,11)12,17(13,14)15)6-3-1-2-4-9-6/h1-4H,5,8H2,(H2,10,11,12)(H2,13,14,15). The average Bonchev–Trinajstić information content (AvgIpc) is 2.16. The van der Waals surface area contributed by atoms with Gasteiger partial charge < -0.3 is 25.3 Å². The summed E-state index contributed by atoms with van der Waals surface area (Å²) in [6.45, 7) is -0.918. The lowest BCUT2D eigenvalue weighted by Gasteiger charge is -2.32. The number of nitrogens with two attached hydrogens (primary N) is 1. The number of nitrogens with zero attached hydrogens (tertiary/aromatic N) is 1. The molecule has 1 rings (SSSR count). The topological polar surface area (TPSA) is 154 Å². The first-order valence-corrected chi connectivity index (χ1v) is 7.62. The van der Waals surface area contributed by atoms with Gasteiger partial charge in [-0.05, 0) is 12.1 Å². The van der Waals surface area contributed by atoms with Crippen molar-refractivity contribution in [1.82, 2.24) is 4.98 Å². The Morgan fingerprint density at radius 1 is 1.18 bits per heavy atom. The Morgan fingerprint density at radius 2 is 1.71 bits per heavy atom. The van der Waals surface area contributed by atoms with Crippen LogP contribution in [-0.2, 0) is 14.0 Å². The number of pyridine rings is 1. The third-order valence-corrected chi connectivity index (χ3v) is 6.64. The second-order valence-corrected chi connectivity index (χ2v) is 7.38. The normalized spacial score (nSPS) is 13.7. The van der Waals surface area contributed by atoms with Gasteiger partial charge in [-0.2, -0.15) is 0 Å². The molecule has 0 aromatic carbocycles. The van der Waals surface area contributed by atoms with Gasteiger partial charge in [-0.15, -0.1) is 0 Å². The molecule has 0 radical (unpaired) electrons. The zero-order chi connectivity index (χ0) is 13.3. The van der Waals surface area contributed by atoms with E-state index < -0.39 is 32.3 Å². The molecule has 0 spiro atoms. The van der Waals surface area contributed by atoms with Gasteiger partial charge in [0.2, 0.25) is 4.90 Å². The number of rotatable bonds is 4. The summed E-state index contributed by atoms with van der Waals surface area (Å²) in [5.74, 6) is 0. The van der Waals surface area contributed by atoms with Gasteiger partial charge in [0.15, 0.2) is 0 Å². The maximum atomic E-state index is 11.4. The molecule has 0 aliphatic heterocycles. The van der Waals surface area contributed by atoms with Gasteiger partial charge in [0.05, 0.1) is 5.69 Å². The molecular formula is C7H12N2O6P2. The van der Waals surface area contributed by atoms with E-state index in [2.05, 4.69) is 4.98 Å². The first-order valence-electron chi connectivity index (χ1n) is 4.39. The molecule has 0 amide bonds. The highest BCUT2D eigenvalue weighted by Gasteiger charge is 2.61. The molecule has 96 valence electrons. The summed E-state index contributed by atoms with van der Waals surface area (Å²) in [7, 11) is -10.4. The fourth-order valence-corrected chi connectivity index (χ4v) is 4.10. The third-order valence-electron chi connectivity index (χ3n) is 2.32. The second-order valence-electron chi connectivity index (χ2n) is 3.32. The van der Waals surface area contributed by atoms with Gasteiger partial charge in [-0.25, -0.2) is 0 Å². The van der Waals surface area contributed by atoms with Crippen molar-refractivity contribution in [2.24, 2.45) is 5.73 Å². The summed E-state index contributed by atoms with van der Waals surface area (Å²) < 4.78 is 22.8. The van der Waals surface area contributed by atoms with E-state index in [4.69, 9.17) is 5.73 Å². The van der Waals surface area contributed by atoms with Crippen molar-refractivity contribution in [3.8, 4) is 0 Å². The molecule has 1 aromatic heterocycles. The summed E-state index contributed by atoms with van der Waals surface area (Å²) in [5.41, 5.74) is 4.76. The maximum Gasteiger partial charge on any atom is 0.351 e. The van der Waals surface area contributed by atoms with E-state index in [0.717, 1.165) is 6.07 Å². The van der Waals surface area contributed by atoms with E-state index in [1.165, 1.54) is 18.3 Å². The summed E-state index contributed by atoms with van der Waals surface area (Å²) in [5, 5.41) is 0. The molecule has 0 fully saturated rings. The van der Waals surface area contributed by atoms with Gasteiger partial charge in [-0.1, -0.05) is 6.07 Å². The van der Waals surface area contributed by atoms with E-state index in [0.29, 0.717) is 0 Å². The molecule has 0 aliphatic carbocycles. The quantitative estimate of drug-likeness (QED) is 0.465. The summed E-state index contributed by atoms with van der Waals surface area (Å²) >= 11 is 0. The Balaban J connectivity index is 3.62. The minimum Gasteiger partial charge on any atom is -0.328 e. The van der Waals surface area contributed by atoms with Crippen molar-refractivity contribution < 1.29 is 28.7 Å². The van der Waals surface area contributed by atoms with Crippen LogP contribution in [0.3, 0.4) is 0 Å². The Labute approximate surface area is 96.8 Å². The highest BCUT2D eigenvalue weighted by atomic mass is 31.2. The minimum absolute atomic E-state index is 0.427. The molecule has 1 heterocycles. The smallest absolute Gasteiger partial charge is 0.328 e. The van der Waals surface area contributed by atoms with Gasteiger partial charge in [0.25, 0.3) is 0 Å². The summed E-state index contributed by atoms with van der Waals surface area (Å²) in [6, 6.07) is 3.92. The van der Waals surface area contributed by atoms with E-state index >= 15 is 0 Å². The number of hydrogen-bond acceptors (Lipinski definition) is 4. The van der Waals surface area contributed by atoms with Gasteiger partial charge in [0, 0.05) is 12.7 Å². The van der Waals surface area contributed by atoms with Crippen LogP contribution in [0, 0.1) is 0 Å². The van der Waals surface area contributed by atoms with Crippen LogP contribution >= 0.6 is 15.2 Å². The van der Waals surface area contributed by atoms with Gasteiger partial charge in [-0.3, -0.25) is 14.1 Å². The molecular weight excluding hydrogens is 270 g/mol. The first kappa shape index (κ1) is 14.5. The Morgan fingerprint density at radius 3 is 2.00 bits per heavy atom. The van der Waals surface area contributed by atoms with Crippen molar-refractivity contribution >= 4 is 15.2 Å². The number of aromatic nitrogens is 1. The maximum absolute atomic E-state index is 11.4. The van der Waals surface area contributed by atoms with Crippen LogP contribution in [0.15, 0.2) is 24.4 Å². The Kier molecular flexibility index (Phi) is 3.91. The zero-order valence-electron chi connectivity index (χ0n) is 8.54. The number of hydrogen-bond donors (Lipinski definition) is 5. The lowest BCUT2D eigenvalue weighted by molar-refractivity contribution is 0.308. The highest BCUT2D eigenvalue weighted by Crippen LogP contribution is 2.73. The highest BCUT2D eigenvalue weighted by molar-refractivity contribution is 7.71. The van der Waals surface area contributed by atoms with Crippen LogP contribution in [0.25, 0.3) is 0 Å². The van der Waals surface area contributed by atoms with Gasteiger partial charge in [0.1, 0.15) is 0 Å². The van der Waals surface area contributed by atoms with Crippen molar-refractivity contribution in [3.63, 3.8) is 0 Å². The van der Waals surface area contributed by atoms with E-state index in [1.54, 1.807) is 0 Å².